The second-order valence-corrected chi connectivity index (χ2v) is 5.70. The molecule has 1 aromatic rings. The Morgan fingerprint density at radius 3 is 2.59 bits per heavy atom. The fraction of sp³-hybridized carbons (Fsp3) is 0.364. The van der Waals surface area contributed by atoms with Crippen LogP contribution in [-0.4, -0.2) is 27.2 Å². The van der Waals surface area contributed by atoms with Crippen molar-refractivity contribution in [1.82, 2.24) is 0 Å². The van der Waals surface area contributed by atoms with Gasteiger partial charge in [-0.1, -0.05) is 24.3 Å². The van der Waals surface area contributed by atoms with Gasteiger partial charge in [-0.15, -0.1) is 0 Å². The SMILES string of the molecule is COC(=O)CS(=O)(=O)Cc1cccc(CN)c1. The molecule has 0 heterocycles. The lowest BCUT2D eigenvalue weighted by Crippen LogP contribution is -2.18. The zero-order valence-electron chi connectivity index (χ0n) is 9.55. The van der Waals surface area contributed by atoms with Crippen LogP contribution in [0.2, 0.25) is 0 Å². The molecule has 0 bridgehead atoms. The number of sulfone groups is 1. The standard InChI is InChI=1S/C11H15NO4S/c1-16-11(13)8-17(14,15)7-10-4-2-3-9(5-10)6-12/h2-5H,6-8,12H2,1H3. The summed E-state index contributed by atoms with van der Waals surface area (Å²) in [5, 5.41) is 0. The molecule has 0 amide bonds. The lowest BCUT2D eigenvalue weighted by molar-refractivity contribution is -0.137. The van der Waals surface area contributed by atoms with Crippen LogP contribution in [0.1, 0.15) is 11.1 Å². The van der Waals surface area contributed by atoms with Gasteiger partial charge in [-0.2, -0.15) is 0 Å². The molecule has 0 radical (unpaired) electrons. The number of benzene rings is 1. The molecule has 0 spiro atoms. The first-order valence-electron chi connectivity index (χ1n) is 5.02. The number of carbonyl (C=O) groups is 1. The smallest absolute Gasteiger partial charge is 0.320 e. The molecule has 0 fully saturated rings. The van der Waals surface area contributed by atoms with E-state index in [1.165, 1.54) is 0 Å². The predicted octanol–water partition coefficient (Wildman–Crippen LogP) is 0.233. The third-order valence-corrected chi connectivity index (χ3v) is 3.63. The zero-order valence-corrected chi connectivity index (χ0v) is 10.4. The van der Waals surface area contributed by atoms with Crippen molar-refractivity contribution in [2.24, 2.45) is 5.73 Å². The minimum atomic E-state index is -3.49. The van der Waals surface area contributed by atoms with Gasteiger partial charge in [0.05, 0.1) is 12.9 Å². The molecule has 0 aromatic heterocycles. The zero-order chi connectivity index (χ0) is 12.9. The van der Waals surface area contributed by atoms with Crippen LogP contribution in [-0.2, 0) is 31.7 Å². The summed E-state index contributed by atoms with van der Waals surface area (Å²) in [4.78, 5) is 10.9. The number of rotatable bonds is 5. The van der Waals surface area contributed by atoms with Gasteiger partial charge in [0.2, 0.25) is 0 Å². The molecular weight excluding hydrogens is 242 g/mol. The van der Waals surface area contributed by atoms with E-state index in [-0.39, 0.29) is 5.75 Å². The summed E-state index contributed by atoms with van der Waals surface area (Å²) in [5.74, 6) is -1.54. The van der Waals surface area contributed by atoms with Crippen molar-refractivity contribution >= 4 is 15.8 Å². The van der Waals surface area contributed by atoms with Gasteiger partial charge in [0, 0.05) is 6.54 Å². The maximum absolute atomic E-state index is 11.6. The first kappa shape index (κ1) is 13.7. The summed E-state index contributed by atoms with van der Waals surface area (Å²) in [6, 6.07) is 6.96. The first-order chi connectivity index (χ1) is 7.96. The van der Waals surface area contributed by atoms with E-state index in [0.29, 0.717) is 12.1 Å². The monoisotopic (exact) mass is 257 g/mol. The van der Waals surface area contributed by atoms with Crippen molar-refractivity contribution in [2.45, 2.75) is 12.3 Å². The van der Waals surface area contributed by atoms with Crippen molar-refractivity contribution in [3.05, 3.63) is 35.4 Å². The topological polar surface area (TPSA) is 86.5 Å². The maximum atomic E-state index is 11.6. The van der Waals surface area contributed by atoms with Crippen molar-refractivity contribution in [2.75, 3.05) is 12.9 Å². The van der Waals surface area contributed by atoms with Crippen LogP contribution >= 0.6 is 0 Å². The van der Waals surface area contributed by atoms with Gasteiger partial charge in [-0.3, -0.25) is 4.79 Å². The normalized spacial score (nSPS) is 11.2. The van der Waals surface area contributed by atoms with Gasteiger partial charge < -0.3 is 10.5 Å². The molecule has 0 saturated carbocycles. The third kappa shape index (κ3) is 4.54. The van der Waals surface area contributed by atoms with Crippen LogP contribution in [0.15, 0.2) is 24.3 Å². The van der Waals surface area contributed by atoms with Gasteiger partial charge in [-0.25, -0.2) is 8.42 Å². The molecule has 0 atom stereocenters. The summed E-state index contributed by atoms with van der Waals surface area (Å²) in [6.45, 7) is 0.352. The van der Waals surface area contributed by atoms with Gasteiger partial charge in [0.15, 0.2) is 9.84 Å². The minimum absolute atomic E-state index is 0.185. The maximum Gasteiger partial charge on any atom is 0.320 e. The Hall–Kier alpha value is -1.40. The highest BCUT2D eigenvalue weighted by molar-refractivity contribution is 7.91. The van der Waals surface area contributed by atoms with Crippen LogP contribution < -0.4 is 5.73 Å². The van der Waals surface area contributed by atoms with Crippen molar-refractivity contribution < 1.29 is 17.9 Å². The van der Waals surface area contributed by atoms with Gasteiger partial charge in [0.25, 0.3) is 0 Å². The predicted molar refractivity (Wildman–Crippen MR) is 63.8 cm³/mol. The van der Waals surface area contributed by atoms with Crippen molar-refractivity contribution in [3.63, 3.8) is 0 Å². The van der Waals surface area contributed by atoms with Crippen LogP contribution in [0.5, 0.6) is 0 Å². The average molecular weight is 257 g/mol. The molecule has 0 aliphatic heterocycles. The Morgan fingerprint density at radius 1 is 1.35 bits per heavy atom. The largest absolute Gasteiger partial charge is 0.468 e. The van der Waals surface area contributed by atoms with Crippen molar-refractivity contribution in [3.8, 4) is 0 Å². The quantitative estimate of drug-likeness (QED) is 0.763. The average Bonchev–Trinajstić information content (AvgIpc) is 2.27. The molecule has 6 heteroatoms. The van der Waals surface area contributed by atoms with E-state index in [2.05, 4.69) is 4.74 Å². The highest BCUT2D eigenvalue weighted by Gasteiger charge is 2.17. The van der Waals surface area contributed by atoms with Crippen LogP contribution in [0.25, 0.3) is 0 Å². The van der Waals surface area contributed by atoms with E-state index in [1.54, 1.807) is 18.2 Å². The summed E-state index contributed by atoms with van der Waals surface area (Å²) in [7, 11) is -2.33. The Balaban J connectivity index is 2.79. The van der Waals surface area contributed by atoms with E-state index in [4.69, 9.17) is 5.73 Å². The second kappa shape index (κ2) is 5.79. The highest BCUT2D eigenvalue weighted by atomic mass is 32.2. The van der Waals surface area contributed by atoms with Crippen LogP contribution in [0, 0.1) is 0 Å². The van der Waals surface area contributed by atoms with E-state index < -0.39 is 21.6 Å². The van der Waals surface area contributed by atoms with Gasteiger partial charge in [-0.05, 0) is 11.1 Å². The summed E-state index contributed by atoms with van der Waals surface area (Å²) in [5.41, 5.74) is 6.94. The number of nitrogens with two attached hydrogens (primary N) is 1. The highest BCUT2D eigenvalue weighted by Crippen LogP contribution is 2.09. The summed E-state index contributed by atoms with van der Waals surface area (Å²) in [6.07, 6.45) is 0. The summed E-state index contributed by atoms with van der Waals surface area (Å²) < 4.78 is 27.6. The molecule has 1 rings (SSSR count). The van der Waals surface area contributed by atoms with Gasteiger partial charge in [0.1, 0.15) is 5.75 Å². The first-order valence-corrected chi connectivity index (χ1v) is 6.84. The van der Waals surface area contributed by atoms with Crippen LogP contribution in [0.3, 0.4) is 0 Å². The Bertz CT molecular complexity index is 496. The van der Waals surface area contributed by atoms with E-state index in [0.717, 1.165) is 12.7 Å². The van der Waals surface area contributed by atoms with E-state index in [9.17, 15) is 13.2 Å². The molecule has 0 saturated heterocycles. The number of hydrogen-bond acceptors (Lipinski definition) is 5. The Morgan fingerprint density at radius 2 is 2.00 bits per heavy atom. The number of hydrogen-bond donors (Lipinski definition) is 1. The fourth-order valence-electron chi connectivity index (χ4n) is 1.39. The lowest BCUT2D eigenvalue weighted by atomic mass is 10.1. The number of methoxy groups -OCH3 is 1. The molecular formula is C11H15NO4S. The van der Waals surface area contributed by atoms with Crippen LogP contribution in [0.4, 0.5) is 0 Å². The molecule has 0 aliphatic rings. The van der Waals surface area contributed by atoms with E-state index >= 15 is 0 Å². The second-order valence-electron chi connectivity index (χ2n) is 3.63. The minimum Gasteiger partial charge on any atom is -0.468 e. The number of ether oxygens (including phenoxy) is 1. The Kier molecular flexibility index (Phi) is 4.65. The summed E-state index contributed by atoms with van der Waals surface area (Å²) >= 11 is 0. The number of carbonyl (C=O) groups excluding carboxylic acids is 1. The Labute approximate surface area is 100 Å². The molecule has 94 valence electrons. The third-order valence-electron chi connectivity index (χ3n) is 2.18. The molecule has 0 aliphatic carbocycles. The fourth-order valence-corrected chi connectivity index (χ4v) is 2.66. The molecule has 2 N–H and O–H groups in total. The molecule has 0 unspecified atom stereocenters. The molecule has 1 aromatic carbocycles. The van der Waals surface area contributed by atoms with E-state index in [1.807, 2.05) is 6.07 Å². The lowest BCUT2D eigenvalue weighted by Gasteiger charge is -2.05. The molecule has 5 nitrogen and oxygen atoms in total. The van der Waals surface area contributed by atoms with Gasteiger partial charge >= 0.3 is 5.97 Å². The molecule has 17 heavy (non-hydrogen) atoms. The number of esters is 1. The van der Waals surface area contributed by atoms with Crippen molar-refractivity contribution in [1.29, 1.82) is 0 Å².